The second kappa shape index (κ2) is 10.2. The van der Waals surface area contributed by atoms with E-state index >= 15 is 0 Å². The number of hydrogen-bond donors (Lipinski definition) is 0. The molecule has 7 heteroatoms. The Balaban J connectivity index is 1.35. The van der Waals surface area contributed by atoms with Crippen LogP contribution in [0.3, 0.4) is 0 Å². The van der Waals surface area contributed by atoms with Crippen LogP contribution in [0.25, 0.3) is 16.8 Å². The molecular formula is C28H19Cl2NO3S. The van der Waals surface area contributed by atoms with Gasteiger partial charge in [-0.05, 0) is 57.4 Å². The third kappa shape index (κ3) is 5.08. The van der Waals surface area contributed by atoms with E-state index in [0.717, 1.165) is 33.7 Å². The average Bonchev–Trinajstić information content (AvgIpc) is 3.11. The number of thioether (sulfide) groups is 1. The van der Waals surface area contributed by atoms with Gasteiger partial charge in [0.2, 0.25) is 0 Å². The van der Waals surface area contributed by atoms with Crippen molar-refractivity contribution >= 4 is 63.0 Å². The smallest absolute Gasteiger partial charge is 0.293 e. The predicted molar refractivity (Wildman–Crippen MR) is 143 cm³/mol. The minimum Gasteiger partial charge on any atom is -0.486 e. The van der Waals surface area contributed by atoms with Gasteiger partial charge in [-0.15, -0.1) is 0 Å². The SMILES string of the molecule is O=C1S/C(=C/c2cc(Cl)c(OCc3ccccc3)c(Cl)c2)C(=O)N1Cc1cccc2ccccc12. The fourth-order valence-corrected chi connectivity index (χ4v) is 5.37. The molecule has 0 aromatic heterocycles. The monoisotopic (exact) mass is 519 g/mol. The zero-order valence-corrected chi connectivity index (χ0v) is 20.7. The number of nitrogens with zero attached hydrogens (tertiary/aromatic N) is 1. The zero-order valence-electron chi connectivity index (χ0n) is 18.4. The second-order valence-electron chi connectivity index (χ2n) is 7.99. The lowest BCUT2D eigenvalue weighted by Crippen LogP contribution is -2.27. The summed E-state index contributed by atoms with van der Waals surface area (Å²) in [5.74, 6) is 0.0305. The summed E-state index contributed by atoms with van der Waals surface area (Å²) < 4.78 is 5.82. The van der Waals surface area contributed by atoms with E-state index in [1.54, 1.807) is 18.2 Å². The maximum Gasteiger partial charge on any atom is 0.293 e. The van der Waals surface area contributed by atoms with Gasteiger partial charge in [-0.25, -0.2) is 0 Å². The third-order valence-corrected chi connectivity index (χ3v) is 7.10. The van der Waals surface area contributed by atoms with Crippen molar-refractivity contribution in [1.29, 1.82) is 0 Å². The van der Waals surface area contributed by atoms with Gasteiger partial charge in [0.1, 0.15) is 6.61 Å². The van der Waals surface area contributed by atoms with Crippen molar-refractivity contribution in [2.24, 2.45) is 0 Å². The number of benzene rings is 4. The summed E-state index contributed by atoms with van der Waals surface area (Å²) in [6, 6.07) is 26.8. The van der Waals surface area contributed by atoms with Crippen molar-refractivity contribution in [3.05, 3.63) is 117 Å². The van der Waals surface area contributed by atoms with Gasteiger partial charge < -0.3 is 4.74 Å². The van der Waals surface area contributed by atoms with Crippen LogP contribution in [-0.2, 0) is 17.9 Å². The molecule has 1 aliphatic heterocycles. The Kier molecular flexibility index (Phi) is 6.82. The molecule has 0 unspecified atom stereocenters. The Morgan fingerprint density at radius 3 is 2.31 bits per heavy atom. The molecule has 0 bridgehead atoms. The highest BCUT2D eigenvalue weighted by atomic mass is 35.5. The molecule has 4 aromatic rings. The van der Waals surface area contributed by atoms with Gasteiger partial charge in [-0.3, -0.25) is 14.5 Å². The predicted octanol–water partition coefficient (Wildman–Crippen LogP) is 7.96. The molecule has 1 saturated heterocycles. The van der Waals surface area contributed by atoms with Gasteiger partial charge in [0.05, 0.1) is 21.5 Å². The van der Waals surface area contributed by atoms with Crippen LogP contribution in [0.2, 0.25) is 10.0 Å². The van der Waals surface area contributed by atoms with Crippen molar-refractivity contribution < 1.29 is 14.3 Å². The number of ether oxygens (including phenoxy) is 1. The number of amides is 2. The van der Waals surface area contributed by atoms with E-state index < -0.39 is 0 Å². The molecule has 4 nitrogen and oxygen atoms in total. The standard InChI is InChI=1S/C28H19Cl2NO3S/c29-23-13-19(14-24(30)26(23)34-17-18-7-2-1-3-8-18)15-25-27(32)31(28(33)35-25)16-21-11-6-10-20-9-4-5-12-22(20)21/h1-15H,16-17H2/b25-15+. The molecule has 4 aromatic carbocycles. The largest absolute Gasteiger partial charge is 0.486 e. The molecule has 1 aliphatic rings. The number of imide groups is 1. The number of rotatable bonds is 6. The van der Waals surface area contributed by atoms with Crippen LogP contribution >= 0.6 is 35.0 Å². The first-order valence-electron chi connectivity index (χ1n) is 10.9. The summed E-state index contributed by atoms with van der Waals surface area (Å²) in [5, 5.41) is 2.42. The van der Waals surface area contributed by atoms with E-state index in [1.807, 2.05) is 72.8 Å². The highest BCUT2D eigenvalue weighted by Crippen LogP contribution is 2.38. The number of hydrogen-bond acceptors (Lipinski definition) is 4. The van der Waals surface area contributed by atoms with Crippen LogP contribution < -0.4 is 4.74 Å². The van der Waals surface area contributed by atoms with Gasteiger partial charge in [-0.2, -0.15) is 0 Å². The highest BCUT2D eigenvalue weighted by Gasteiger charge is 2.35. The van der Waals surface area contributed by atoms with Gasteiger partial charge in [-0.1, -0.05) is 96.0 Å². The molecule has 0 aliphatic carbocycles. The first kappa shape index (κ1) is 23.5. The van der Waals surface area contributed by atoms with Gasteiger partial charge >= 0.3 is 0 Å². The Hall–Kier alpha value is -3.25. The van der Waals surface area contributed by atoms with Crippen molar-refractivity contribution in [3.63, 3.8) is 0 Å². The number of fused-ring (bicyclic) bond motifs is 1. The molecule has 2 amide bonds. The van der Waals surface area contributed by atoms with E-state index in [-0.39, 0.29) is 17.7 Å². The van der Waals surface area contributed by atoms with Crippen molar-refractivity contribution in [1.82, 2.24) is 4.90 Å². The van der Waals surface area contributed by atoms with Gasteiger partial charge in [0, 0.05) is 0 Å². The fraction of sp³-hybridized carbons (Fsp3) is 0.0714. The Labute approximate surface area is 217 Å². The lowest BCUT2D eigenvalue weighted by Gasteiger charge is -2.14. The molecule has 1 fully saturated rings. The minimum absolute atomic E-state index is 0.205. The summed E-state index contributed by atoms with van der Waals surface area (Å²) in [5.41, 5.74) is 2.52. The summed E-state index contributed by atoms with van der Waals surface area (Å²) in [6.07, 6.45) is 1.63. The maximum absolute atomic E-state index is 13.1. The first-order valence-corrected chi connectivity index (χ1v) is 12.4. The zero-order chi connectivity index (χ0) is 24.4. The average molecular weight is 520 g/mol. The number of carbonyl (C=O) groups excluding carboxylic acids is 2. The van der Waals surface area contributed by atoms with E-state index in [9.17, 15) is 9.59 Å². The van der Waals surface area contributed by atoms with Crippen molar-refractivity contribution in [2.75, 3.05) is 0 Å². The molecule has 1 heterocycles. The van der Waals surface area contributed by atoms with E-state index in [4.69, 9.17) is 27.9 Å². The second-order valence-corrected chi connectivity index (χ2v) is 9.80. The molecule has 35 heavy (non-hydrogen) atoms. The third-order valence-electron chi connectivity index (χ3n) is 5.63. The summed E-state index contributed by atoms with van der Waals surface area (Å²) in [6.45, 7) is 0.532. The number of carbonyl (C=O) groups is 2. The van der Waals surface area contributed by atoms with E-state index in [2.05, 4.69) is 0 Å². The quantitative estimate of drug-likeness (QED) is 0.242. The van der Waals surface area contributed by atoms with Crippen LogP contribution in [0.5, 0.6) is 5.75 Å². The lowest BCUT2D eigenvalue weighted by atomic mass is 10.0. The van der Waals surface area contributed by atoms with E-state index in [1.165, 1.54) is 4.90 Å². The number of halogens is 2. The van der Waals surface area contributed by atoms with E-state index in [0.29, 0.717) is 32.9 Å². The Bertz CT molecular complexity index is 1440. The van der Waals surface area contributed by atoms with Crippen LogP contribution in [0.4, 0.5) is 4.79 Å². The molecular weight excluding hydrogens is 501 g/mol. The molecule has 0 N–H and O–H groups in total. The summed E-state index contributed by atoms with van der Waals surface area (Å²) >= 11 is 13.8. The molecule has 0 radical (unpaired) electrons. The summed E-state index contributed by atoms with van der Waals surface area (Å²) in [7, 11) is 0. The minimum atomic E-state index is -0.343. The maximum atomic E-state index is 13.1. The highest BCUT2D eigenvalue weighted by molar-refractivity contribution is 8.18. The molecule has 0 atom stereocenters. The first-order chi connectivity index (χ1) is 17.0. The molecule has 0 saturated carbocycles. The van der Waals surface area contributed by atoms with Gasteiger partial charge in [0.25, 0.3) is 11.1 Å². The van der Waals surface area contributed by atoms with Crippen molar-refractivity contribution in [2.45, 2.75) is 13.2 Å². The lowest BCUT2D eigenvalue weighted by molar-refractivity contribution is -0.123. The van der Waals surface area contributed by atoms with Crippen LogP contribution in [0.1, 0.15) is 16.7 Å². The molecule has 5 rings (SSSR count). The van der Waals surface area contributed by atoms with Crippen molar-refractivity contribution in [3.8, 4) is 5.75 Å². The normalized spacial score (nSPS) is 14.8. The Morgan fingerprint density at radius 2 is 1.54 bits per heavy atom. The van der Waals surface area contributed by atoms with Gasteiger partial charge in [0.15, 0.2) is 5.75 Å². The topological polar surface area (TPSA) is 46.6 Å². The molecule has 0 spiro atoms. The Morgan fingerprint density at radius 1 is 0.857 bits per heavy atom. The fourth-order valence-electron chi connectivity index (χ4n) is 3.92. The van der Waals surface area contributed by atoms with Crippen LogP contribution in [-0.4, -0.2) is 16.0 Å². The molecule has 174 valence electrons. The van der Waals surface area contributed by atoms with Crippen LogP contribution in [0, 0.1) is 0 Å². The van der Waals surface area contributed by atoms with Crippen LogP contribution in [0.15, 0.2) is 89.8 Å². The summed E-state index contributed by atoms with van der Waals surface area (Å²) in [4.78, 5) is 27.4.